The topological polar surface area (TPSA) is 32.9 Å². The minimum atomic E-state index is 0.222. The highest BCUT2D eigenvalue weighted by Gasteiger charge is 2.11. The van der Waals surface area contributed by atoms with Crippen LogP contribution >= 0.6 is 11.6 Å². The van der Waals surface area contributed by atoms with Gasteiger partial charge in [-0.25, -0.2) is 0 Å². The minimum Gasteiger partial charge on any atom is -0.360 e. The van der Waals surface area contributed by atoms with E-state index in [9.17, 15) is 4.79 Å². The molecule has 3 heteroatoms. The van der Waals surface area contributed by atoms with E-state index in [1.807, 2.05) is 18.2 Å². The molecule has 0 aliphatic rings. The van der Waals surface area contributed by atoms with Crippen molar-refractivity contribution in [3.63, 3.8) is 0 Å². The number of rotatable bonds is 6. The SMILES string of the molecule is CCCCCCC(=O)c1c[nH]c2cc(Cl)ccc12. The van der Waals surface area contributed by atoms with Gasteiger partial charge in [-0.05, 0) is 18.6 Å². The molecule has 1 aromatic carbocycles. The highest BCUT2D eigenvalue weighted by atomic mass is 35.5. The molecule has 1 aromatic heterocycles. The van der Waals surface area contributed by atoms with E-state index < -0.39 is 0 Å². The first-order valence-corrected chi connectivity index (χ1v) is 6.90. The summed E-state index contributed by atoms with van der Waals surface area (Å²) in [6.07, 6.45) is 6.94. The largest absolute Gasteiger partial charge is 0.360 e. The maximum absolute atomic E-state index is 12.1. The van der Waals surface area contributed by atoms with E-state index in [-0.39, 0.29) is 5.78 Å². The van der Waals surface area contributed by atoms with Crippen LogP contribution in [0, 0.1) is 0 Å². The molecule has 2 nitrogen and oxygen atoms in total. The average molecular weight is 264 g/mol. The van der Waals surface area contributed by atoms with Gasteiger partial charge in [0.05, 0.1) is 0 Å². The molecule has 96 valence electrons. The lowest BCUT2D eigenvalue weighted by Crippen LogP contribution is -1.97. The molecule has 0 unspecified atom stereocenters. The number of hydrogen-bond donors (Lipinski definition) is 1. The van der Waals surface area contributed by atoms with Crippen molar-refractivity contribution in [2.24, 2.45) is 0 Å². The summed E-state index contributed by atoms with van der Waals surface area (Å²) in [5, 5.41) is 1.66. The Labute approximate surface area is 112 Å². The number of unbranched alkanes of at least 4 members (excludes halogenated alkanes) is 3. The molecule has 2 rings (SSSR count). The zero-order chi connectivity index (χ0) is 13.0. The summed E-state index contributed by atoms with van der Waals surface area (Å²) >= 11 is 5.92. The lowest BCUT2D eigenvalue weighted by atomic mass is 10.0. The lowest BCUT2D eigenvalue weighted by molar-refractivity contribution is 0.0981. The van der Waals surface area contributed by atoms with E-state index in [0.29, 0.717) is 11.4 Å². The van der Waals surface area contributed by atoms with Crippen molar-refractivity contribution in [2.45, 2.75) is 39.0 Å². The number of carbonyl (C=O) groups excluding carboxylic acids is 1. The van der Waals surface area contributed by atoms with Gasteiger partial charge in [0.1, 0.15) is 0 Å². The number of ketones is 1. The summed E-state index contributed by atoms with van der Waals surface area (Å²) in [5.41, 5.74) is 1.72. The predicted octanol–water partition coefficient (Wildman–Crippen LogP) is 4.97. The Morgan fingerprint density at radius 2 is 2.11 bits per heavy atom. The van der Waals surface area contributed by atoms with Crippen LogP contribution in [0.15, 0.2) is 24.4 Å². The first kappa shape index (κ1) is 13.2. The van der Waals surface area contributed by atoms with Gasteiger partial charge < -0.3 is 4.98 Å². The van der Waals surface area contributed by atoms with Crippen molar-refractivity contribution in [1.29, 1.82) is 0 Å². The molecule has 2 aromatic rings. The van der Waals surface area contributed by atoms with Crippen LogP contribution in [0.1, 0.15) is 49.4 Å². The molecule has 0 spiro atoms. The van der Waals surface area contributed by atoms with Crippen LogP contribution in [0.3, 0.4) is 0 Å². The Bertz CT molecular complexity index is 544. The number of benzene rings is 1. The van der Waals surface area contributed by atoms with E-state index in [1.165, 1.54) is 12.8 Å². The van der Waals surface area contributed by atoms with E-state index in [0.717, 1.165) is 29.3 Å². The second-order valence-corrected chi connectivity index (χ2v) is 5.06. The number of aromatic nitrogens is 1. The molecule has 0 bridgehead atoms. The van der Waals surface area contributed by atoms with Crippen LogP contribution in [-0.2, 0) is 0 Å². The molecule has 18 heavy (non-hydrogen) atoms. The average Bonchev–Trinajstić information content (AvgIpc) is 2.77. The fraction of sp³-hybridized carbons (Fsp3) is 0.400. The van der Waals surface area contributed by atoms with Gasteiger partial charge in [0.2, 0.25) is 0 Å². The number of Topliss-reactive ketones (excluding diaryl/α,β-unsaturated/α-hetero) is 1. The summed E-state index contributed by atoms with van der Waals surface area (Å²) < 4.78 is 0. The van der Waals surface area contributed by atoms with Crippen LogP contribution in [-0.4, -0.2) is 10.8 Å². The molecular weight excluding hydrogens is 246 g/mol. The summed E-state index contributed by atoms with van der Waals surface area (Å²) in [7, 11) is 0. The van der Waals surface area contributed by atoms with Crippen molar-refractivity contribution in [2.75, 3.05) is 0 Å². The van der Waals surface area contributed by atoms with Gasteiger partial charge >= 0.3 is 0 Å². The van der Waals surface area contributed by atoms with Gasteiger partial charge in [0, 0.05) is 34.1 Å². The molecule has 0 aliphatic heterocycles. The van der Waals surface area contributed by atoms with Crippen LogP contribution in [0.2, 0.25) is 5.02 Å². The molecule has 1 N–H and O–H groups in total. The maximum Gasteiger partial charge on any atom is 0.165 e. The Morgan fingerprint density at radius 1 is 1.28 bits per heavy atom. The Balaban J connectivity index is 2.08. The molecule has 0 amide bonds. The molecule has 0 atom stereocenters. The molecule has 0 aliphatic carbocycles. The molecule has 0 saturated heterocycles. The van der Waals surface area contributed by atoms with Crippen LogP contribution in [0.25, 0.3) is 10.9 Å². The summed E-state index contributed by atoms with van der Waals surface area (Å²) in [6.45, 7) is 2.17. The third-order valence-corrected chi connectivity index (χ3v) is 3.44. The third-order valence-electron chi connectivity index (χ3n) is 3.20. The monoisotopic (exact) mass is 263 g/mol. The second kappa shape index (κ2) is 6.05. The Kier molecular flexibility index (Phi) is 4.43. The Morgan fingerprint density at radius 3 is 2.89 bits per heavy atom. The summed E-state index contributed by atoms with van der Waals surface area (Å²) in [6, 6.07) is 5.59. The zero-order valence-electron chi connectivity index (χ0n) is 10.6. The van der Waals surface area contributed by atoms with Gasteiger partial charge in [0.25, 0.3) is 0 Å². The van der Waals surface area contributed by atoms with Crippen molar-refractivity contribution < 1.29 is 4.79 Å². The van der Waals surface area contributed by atoms with Gasteiger partial charge in [-0.2, -0.15) is 0 Å². The second-order valence-electron chi connectivity index (χ2n) is 4.63. The van der Waals surface area contributed by atoms with Gasteiger partial charge in [-0.1, -0.05) is 43.9 Å². The number of nitrogens with one attached hydrogen (secondary N) is 1. The van der Waals surface area contributed by atoms with Gasteiger partial charge in [-0.15, -0.1) is 0 Å². The van der Waals surface area contributed by atoms with E-state index in [4.69, 9.17) is 11.6 Å². The number of halogens is 1. The molecular formula is C15H18ClNO. The van der Waals surface area contributed by atoms with Crippen molar-refractivity contribution in [1.82, 2.24) is 4.98 Å². The van der Waals surface area contributed by atoms with E-state index >= 15 is 0 Å². The van der Waals surface area contributed by atoms with E-state index in [1.54, 1.807) is 6.20 Å². The van der Waals surface area contributed by atoms with Crippen LogP contribution in [0.5, 0.6) is 0 Å². The highest BCUT2D eigenvalue weighted by molar-refractivity contribution is 6.31. The fourth-order valence-corrected chi connectivity index (χ4v) is 2.35. The number of hydrogen-bond acceptors (Lipinski definition) is 1. The Hall–Kier alpha value is -1.28. The summed E-state index contributed by atoms with van der Waals surface area (Å²) in [4.78, 5) is 15.2. The lowest BCUT2D eigenvalue weighted by Gasteiger charge is -2.00. The number of carbonyl (C=O) groups is 1. The third kappa shape index (κ3) is 2.94. The predicted molar refractivity (Wildman–Crippen MR) is 76.4 cm³/mol. The van der Waals surface area contributed by atoms with Crippen molar-refractivity contribution in [3.8, 4) is 0 Å². The summed E-state index contributed by atoms with van der Waals surface area (Å²) in [5.74, 6) is 0.222. The smallest absolute Gasteiger partial charge is 0.165 e. The number of H-pyrrole nitrogens is 1. The quantitative estimate of drug-likeness (QED) is 0.579. The molecule has 1 heterocycles. The normalized spacial score (nSPS) is 11.0. The first-order valence-electron chi connectivity index (χ1n) is 6.52. The van der Waals surface area contributed by atoms with Gasteiger partial charge in [0.15, 0.2) is 5.78 Å². The standard InChI is InChI=1S/C15H18ClNO/c1-2-3-4-5-6-15(18)13-10-17-14-9-11(16)7-8-12(13)14/h7-10,17H,2-6H2,1H3. The van der Waals surface area contributed by atoms with Crippen LogP contribution in [0.4, 0.5) is 0 Å². The maximum atomic E-state index is 12.1. The number of aromatic amines is 1. The molecule has 0 fully saturated rings. The van der Waals surface area contributed by atoms with Gasteiger partial charge in [-0.3, -0.25) is 4.79 Å². The highest BCUT2D eigenvalue weighted by Crippen LogP contribution is 2.23. The van der Waals surface area contributed by atoms with Crippen LogP contribution < -0.4 is 0 Å². The number of fused-ring (bicyclic) bond motifs is 1. The fourth-order valence-electron chi connectivity index (χ4n) is 2.18. The van der Waals surface area contributed by atoms with Crippen molar-refractivity contribution in [3.05, 3.63) is 35.0 Å². The molecule has 0 saturated carbocycles. The zero-order valence-corrected chi connectivity index (χ0v) is 11.4. The van der Waals surface area contributed by atoms with E-state index in [2.05, 4.69) is 11.9 Å². The first-order chi connectivity index (χ1) is 8.72. The minimum absolute atomic E-state index is 0.222. The molecule has 0 radical (unpaired) electrons. The van der Waals surface area contributed by atoms with Crippen molar-refractivity contribution >= 4 is 28.3 Å².